The number of hydrogen-bond acceptors (Lipinski definition) is 4. The summed E-state index contributed by atoms with van der Waals surface area (Å²) in [5.41, 5.74) is -0.221. The molecule has 1 saturated carbocycles. The summed E-state index contributed by atoms with van der Waals surface area (Å²) >= 11 is 0. The highest BCUT2D eigenvalue weighted by Gasteiger charge is 2.58. The summed E-state index contributed by atoms with van der Waals surface area (Å²) in [7, 11) is 0. The number of ether oxygens (including phenoxy) is 2. The molecule has 0 aromatic heterocycles. The van der Waals surface area contributed by atoms with Crippen LogP contribution in [0.1, 0.15) is 38.5 Å². The van der Waals surface area contributed by atoms with Crippen LogP contribution >= 0.6 is 0 Å². The van der Waals surface area contributed by atoms with Crippen molar-refractivity contribution in [2.75, 3.05) is 31.6 Å². The molecule has 6 heteroatoms. The first-order valence-corrected chi connectivity index (χ1v) is 9.20. The molecule has 6 nitrogen and oxygen atoms in total. The Labute approximate surface area is 147 Å². The number of likely N-dealkylation sites (tertiary alicyclic amines) is 1. The summed E-state index contributed by atoms with van der Waals surface area (Å²) < 4.78 is 11.0. The van der Waals surface area contributed by atoms with Crippen molar-refractivity contribution in [2.45, 2.75) is 38.5 Å². The smallest absolute Gasteiger partial charge is 0.240 e. The number of carbonyl (C=O) groups is 2. The van der Waals surface area contributed by atoms with E-state index in [0.717, 1.165) is 25.9 Å². The minimum Gasteiger partial charge on any atom is -0.486 e. The molecule has 3 aliphatic rings. The third-order valence-electron chi connectivity index (χ3n) is 5.29. The number of amides is 2. The number of anilines is 1. The maximum Gasteiger partial charge on any atom is 0.240 e. The van der Waals surface area contributed by atoms with E-state index in [2.05, 4.69) is 5.32 Å². The monoisotopic (exact) mass is 344 g/mol. The zero-order valence-electron chi connectivity index (χ0n) is 14.4. The zero-order chi connectivity index (χ0) is 17.3. The second-order valence-electron chi connectivity index (χ2n) is 7.10. The molecule has 0 radical (unpaired) electrons. The molecule has 1 aromatic carbocycles. The van der Waals surface area contributed by atoms with Crippen molar-refractivity contribution in [2.24, 2.45) is 5.41 Å². The lowest BCUT2D eigenvalue weighted by Gasteiger charge is -2.25. The number of hydrogen-bond donors (Lipinski definition) is 1. The standard InChI is InChI=1S/C19H24N2O4/c22-17(20-14-5-6-15-16(13-14)25-12-11-24-15)19(7-8-19)18(23)21-9-3-1-2-4-10-21/h5-6,13H,1-4,7-12H2,(H,20,22). The van der Waals surface area contributed by atoms with Crippen molar-refractivity contribution in [3.63, 3.8) is 0 Å². The van der Waals surface area contributed by atoms with Gasteiger partial charge in [-0.15, -0.1) is 0 Å². The van der Waals surface area contributed by atoms with E-state index in [1.165, 1.54) is 12.8 Å². The first-order valence-electron chi connectivity index (χ1n) is 9.20. The normalized spacial score (nSPS) is 21.2. The van der Waals surface area contributed by atoms with Crippen LogP contribution in [0.4, 0.5) is 5.69 Å². The molecule has 0 bridgehead atoms. The summed E-state index contributed by atoms with van der Waals surface area (Å²) in [6.45, 7) is 2.59. The summed E-state index contributed by atoms with van der Waals surface area (Å²) in [4.78, 5) is 27.6. The summed E-state index contributed by atoms with van der Waals surface area (Å²) in [5.74, 6) is 1.13. The lowest BCUT2D eigenvalue weighted by molar-refractivity contribution is -0.142. The van der Waals surface area contributed by atoms with Crippen LogP contribution in [0.5, 0.6) is 11.5 Å². The average Bonchev–Trinajstić information content (AvgIpc) is 3.46. The molecule has 2 heterocycles. The van der Waals surface area contributed by atoms with Crippen molar-refractivity contribution in [1.82, 2.24) is 4.90 Å². The van der Waals surface area contributed by atoms with E-state index in [1.807, 2.05) is 4.90 Å². The quantitative estimate of drug-likeness (QED) is 0.856. The van der Waals surface area contributed by atoms with Gasteiger partial charge in [0.1, 0.15) is 18.6 Å². The maximum absolute atomic E-state index is 12.9. The maximum atomic E-state index is 12.9. The van der Waals surface area contributed by atoms with Crippen molar-refractivity contribution < 1.29 is 19.1 Å². The Hall–Kier alpha value is -2.24. The number of fused-ring (bicyclic) bond motifs is 1. The van der Waals surface area contributed by atoms with E-state index in [0.29, 0.717) is 43.2 Å². The molecule has 4 rings (SSSR count). The first kappa shape index (κ1) is 16.2. The van der Waals surface area contributed by atoms with Gasteiger partial charge in [0.2, 0.25) is 11.8 Å². The fraction of sp³-hybridized carbons (Fsp3) is 0.579. The predicted octanol–water partition coefficient (Wildman–Crippen LogP) is 2.58. The van der Waals surface area contributed by atoms with Gasteiger partial charge in [0.15, 0.2) is 11.5 Å². The van der Waals surface area contributed by atoms with Gasteiger partial charge in [0.25, 0.3) is 0 Å². The molecule has 2 aliphatic heterocycles. The molecule has 0 atom stereocenters. The zero-order valence-corrected chi connectivity index (χ0v) is 14.4. The summed E-state index contributed by atoms with van der Waals surface area (Å²) in [6, 6.07) is 5.34. The Morgan fingerprint density at radius 2 is 1.64 bits per heavy atom. The fourth-order valence-electron chi connectivity index (χ4n) is 3.61. The van der Waals surface area contributed by atoms with Gasteiger partial charge in [0.05, 0.1) is 0 Å². The third-order valence-corrected chi connectivity index (χ3v) is 5.29. The van der Waals surface area contributed by atoms with E-state index >= 15 is 0 Å². The Kier molecular flexibility index (Phi) is 4.27. The molecule has 0 spiro atoms. The van der Waals surface area contributed by atoms with Crippen LogP contribution in [-0.4, -0.2) is 43.0 Å². The van der Waals surface area contributed by atoms with Crippen LogP contribution in [0.3, 0.4) is 0 Å². The Morgan fingerprint density at radius 1 is 0.960 bits per heavy atom. The number of rotatable bonds is 3. The van der Waals surface area contributed by atoms with Crippen LogP contribution in [0.2, 0.25) is 0 Å². The van der Waals surface area contributed by atoms with Crippen LogP contribution in [-0.2, 0) is 9.59 Å². The third kappa shape index (κ3) is 3.17. The first-order chi connectivity index (χ1) is 12.2. The molecular formula is C19H24N2O4. The highest BCUT2D eigenvalue weighted by Crippen LogP contribution is 2.48. The Bertz CT molecular complexity index is 676. The number of benzene rings is 1. The van der Waals surface area contributed by atoms with Gasteiger partial charge >= 0.3 is 0 Å². The average molecular weight is 344 g/mol. The second-order valence-corrected chi connectivity index (χ2v) is 7.10. The minimum atomic E-state index is -0.863. The molecule has 1 N–H and O–H groups in total. The van der Waals surface area contributed by atoms with Crippen LogP contribution < -0.4 is 14.8 Å². The molecular weight excluding hydrogens is 320 g/mol. The minimum absolute atomic E-state index is 0.00411. The van der Waals surface area contributed by atoms with Gasteiger partial charge in [-0.3, -0.25) is 9.59 Å². The summed E-state index contributed by atoms with van der Waals surface area (Å²) in [6.07, 6.45) is 5.68. The molecule has 134 valence electrons. The van der Waals surface area contributed by atoms with Gasteiger partial charge in [0, 0.05) is 24.8 Å². The molecule has 1 aromatic rings. The second kappa shape index (κ2) is 6.58. The Balaban J connectivity index is 1.46. The number of nitrogens with one attached hydrogen (secondary N) is 1. The van der Waals surface area contributed by atoms with Crippen molar-refractivity contribution in [3.8, 4) is 11.5 Å². The summed E-state index contributed by atoms with van der Waals surface area (Å²) in [5, 5.41) is 2.91. The van der Waals surface area contributed by atoms with Gasteiger partial charge in [-0.05, 0) is 37.8 Å². The van der Waals surface area contributed by atoms with Crippen LogP contribution in [0, 0.1) is 5.41 Å². The van der Waals surface area contributed by atoms with Gasteiger partial charge < -0.3 is 19.7 Å². The fourth-order valence-corrected chi connectivity index (χ4v) is 3.61. The lowest BCUT2D eigenvalue weighted by atomic mass is 10.0. The molecule has 0 unspecified atom stereocenters. The number of nitrogens with zero attached hydrogens (tertiary/aromatic N) is 1. The molecule has 1 aliphatic carbocycles. The van der Waals surface area contributed by atoms with Crippen molar-refractivity contribution >= 4 is 17.5 Å². The topological polar surface area (TPSA) is 67.9 Å². The van der Waals surface area contributed by atoms with Gasteiger partial charge in [-0.2, -0.15) is 0 Å². The van der Waals surface area contributed by atoms with Crippen molar-refractivity contribution in [3.05, 3.63) is 18.2 Å². The van der Waals surface area contributed by atoms with E-state index in [1.54, 1.807) is 18.2 Å². The van der Waals surface area contributed by atoms with E-state index in [4.69, 9.17) is 9.47 Å². The predicted molar refractivity (Wildman–Crippen MR) is 92.8 cm³/mol. The van der Waals surface area contributed by atoms with E-state index in [-0.39, 0.29) is 11.8 Å². The number of carbonyl (C=O) groups excluding carboxylic acids is 2. The van der Waals surface area contributed by atoms with E-state index < -0.39 is 5.41 Å². The van der Waals surface area contributed by atoms with Crippen LogP contribution in [0.25, 0.3) is 0 Å². The molecule has 25 heavy (non-hydrogen) atoms. The largest absolute Gasteiger partial charge is 0.486 e. The molecule has 1 saturated heterocycles. The van der Waals surface area contributed by atoms with Gasteiger partial charge in [-0.25, -0.2) is 0 Å². The molecule has 2 amide bonds. The van der Waals surface area contributed by atoms with Gasteiger partial charge in [-0.1, -0.05) is 12.8 Å². The van der Waals surface area contributed by atoms with Crippen molar-refractivity contribution in [1.29, 1.82) is 0 Å². The SMILES string of the molecule is O=C(Nc1ccc2c(c1)OCCO2)C1(C(=O)N2CCCCCC2)CC1. The van der Waals surface area contributed by atoms with Crippen LogP contribution in [0.15, 0.2) is 18.2 Å². The highest BCUT2D eigenvalue weighted by atomic mass is 16.6. The molecule has 2 fully saturated rings. The Morgan fingerprint density at radius 3 is 2.32 bits per heavy atom. The lowest BCUT2D eigenvalue weighted by Crippen LogP contribution is -2.43. The highest BCUT2D eigenvalue weighted by molar-refractivity contribution is 6.13. The van der Waals surface area contributed by atoms with E-state index in [9.17, 15) is 9.59 Å².